The van der Waals surface area contributed by atoms with Crippen molar-refractivity contribution in [3.63, 3.8) is 0 Å². The molecule has 4 nitrogen and oxygen atoms in total. The Balaban J connectivity index is 2.08. The number of fused-ring (bicyclic) bond motifs is 1. The molecule has 0 fully saturated rings. The van der Waals surface area contributed by atoms with Gasteiger partial charge in [-0.3, -0.25) is 9.36 Å². The van der Waals surface area contributed by atoms with Crippen molar-refractivity contribution in [3.05, 3.63) is 94.4 Å². The van der Waals surface area contributed by atoms with Crippen LogP contribution in [0.2, 0.25) is 10.0 Å². The van der Waals surface area contributed by atoms with Crippen molar-refractivity contribution in [3.8, 4) is 5.69 Å². The molecule has 0 spiro atoms. The second kappa shape index (κ2) is 7.73. The van der Waals surface area contributed by atoms with Crippen molar-refractivity contribution < 1.29 is 0 Å². The van der Waals surface area contributed by atoms with Crippen LogP contribution in [0.3, 0.4) is 0 Å². The number of aryl methyl sites for hydroxylation is 4. The average Bonchev–Trinajstić information content (AvgIpc) is 2.99. The molecule has 0 amide bonds. The quantitative estimate of drug-likeness (QED) is 0.389. The molecule has 0 saturated heterocycles. The van der Waals surface area contributed by atoms with Crippen LogP contribution in [0, 0.1) is 27.7 Å². The molecule has 0 N–H and O–H groups in total. The molecule has 0 atom stereocenters. The van der Waals surface area contributed by atoms with E-state index >= 15 is 0 Å². The third kappa shape index (κ3) is 3.41. The molecule has 0 unspecified atom stereocenters. The Hall–Kier alpha value is -2.34. The highest BCUT2D eigenvalue weighted by Gasteiger charge is 2.20. The van der Waals surface area contributed by atoms with Crippen molar-refractivity contribution in [2.45, 2.75) is 34.2 Å². The molecule has 0 radical (unpaired) electrons. The first kappa shape index (κ1) is 20.9. The second-order valence-electron chi connectivity index (χ2n) is 7.50. The number of nitrogens with zero attached hydrogens (tertiary/aromatic N) is 2. The van der Waals surface area contributed by atoms with E-state index in [1.165, 1.54) is 15.9 Å². The topological polar surface area (TPSA) is 44.0 Å². The highest BCUT2D eigenvalue weighted by Crippen LogP contribution is 2.29. The first-order valence-corrected chi connectivity index (χ1v) is 11.0. The molecule has 2 aromatic carbocycles. The predicted octanol–water partition coefficient (Wildman–Crippen LogP) is 5.80. The number of halogens is 2. The molecule has 0 aliphatic carbocycles. The van der Waals surface area contributed by atoms with Gasteiger partial charge in [-0.2, -0.15) is 0 Å². The Morgan fingerprint density at radius 3 is 2.37 bits per heavy atom. The van der Waals surface area contributed by atoms with Crippen LogP contribution >= 0.6 is 34.5 Å². The summed E-state index contributed by atoms with van der Waals surface area (Å²) in [4.78, 5) is 28.7. The summed E-state index contributed by atoms with van der Waals surface area (Å²) in [6.45, 7) is 8.31. The Morgan fingerprint density at radius 1 is 0.933 bits per heavy atom. The second-order valence-corrected chi connectivity index (χ2v) is 9.52. The maximum absolute atomic E-state index is 13.6. The first-order chi connectivity index (χ1) is 14.2. The molecule has 0 aliphatic rings. The Labute approximate surface area is 187 Å². The fourth-order valence-electron chi connectivity index (χ4n) is 3.59. The summed E-state index contributed by atoms with van der Waals surface area (Å²) in [5, 5.41) is 1.22. The highest BCUT2D eigenvalue weighted by atomic mass is 35.5. The minimum Gasteiger partial charge on any atom is -0.279 e. The molecule has 4 rings (SSSR count). The van der Waals surface area contributed by atoms with E-state index in [0.29, 0.717) is 32.5 Å². The fourth-order valence-corrected chi connectivity index (χ4v) is 5.02. The van der Waals surface area contributed by atoms with E-state index in [1.54, 1.807) is 22.8 Å². The van der Waals surface area contributed by atoms with Gasteiger partial charge < -0.3 is 0 Å². The van der Waals surface area contributed by atoms with Crippen LogP contribution in [-0.2, 0) is 6.54 Å². The zero-order valence-corrected chi connectivity index (χ0v) is 19.4. The van der Waals surface area contributed by atoms with Crippen LogP contribution < -0.4 is 11.2 Å². The van der Waals surface area contributed by atoms with E-state index in [0.717, 1.165) is 27.1 Å². The van der Waals surface area contributed by atoms with Gasteiger partial charge in [-0.05, 0) is 62.6 Å². The normalized spacial score (nSPS) is 11.4. The van der Waals surface area contributed by atoms with E-state index in [4.69, 9.17) is 23.2 Å². The molecule has 2 heterocycles. The lowest BCUT2D eigenvalue weighted by atomic mass is 10.1. The Bertz CT molecular complexity index is 1430. The van der Waals surface area contributed by atoms with E-state index in [9.17, 15) is 9.59 Å². The van der Waals surface area contributed by atoms with Gasteiger partial charge in [0.15, 0.2) is 0 Å². The van der Waals surface area contributed by atoms with Gasteiger partial charge in [0.1, 0.15) is 4.83 Å². The van der Waals surface area contributed by atoms with E-state index < -0.39 is 5.69 Å². The minimum atomic E-state index is -0.395. The molecule has 0 aliphatic heterocycles. The van der Waals surface area contributed by atoms with Gasteiger partial charge in [-0.25, -0.2) is 9.36 Å². The molecule has 0 saturated carbocycles. The van der Waals surface area contributed by atoms with Crippen LogP contribution in [0.1, 0.15) is 27.1 Å². The maximum Gasteiger partial charge on any atom is 0.337 e. The number of hydrogen-bond acceptors (Lipinski definition) is 3. The van der Waals surface area contributed by atoms with Gasteiger partial charge in [-0.15, -0.1) is 11.3 Å². The molecule has 7 heteroatoms. The third-order valence-electron chi connectivity index (χ3n) is 5.45. The summed E-state index contributed by atoms with van der Waals surface area (Å²) in [5.74, 6) is 0. The molecule has 154 valence electrons. The SMILES string of the molecule is Cc1ccc(C)c(Cn2c(=O)n(-c3ccc(Cl)c(Cl)c3)c(=O)c3c(C)c(C)sc32)c1. The third-order valence-corrected chi connectivity index (χ3v) is 7.41. The maximum atomic E-state index is 13.6. The Morgan fingerprint density at radius 2 is 1.67 bits per heavy atom. The highest BCUT2D eigenvalue weighted by molar-refractivity contribution is 7.18. The van der Waals surface area contributed by atoms with Crippen LogP contribution in [0.25, 0.3) is 15.9 Å². The van der Waals surface area contributed by atoms with Crippen LogP contribution in [0.15, 0.2) is 46.0 Å². The van der Waals surface area contributed by atoms with Gasteiger partial charge in [0.25, 0.3) is 5.56 Å². The van der Waals surface area contributed by atoms with Crippen molar-refractivity contribution in [1.82, 2.24) is 9.13 Å². The lowest BCUT2D eigenvalue weighted by Crippen LogP contribution is -2.39. The lowest BCUT2D eigenvalue weighted by molar-refractivity contribution is 0.716. The number of rotatable bonds is 3. The number of aromatic nitrogens is 2. The van der Waals surface area contributed by atoms with Crippen LogP contribution in [0.4, 0.5) is 0 Å². The van der Waals surface area contributed by atoms with Crippen LogP contribution in [0.5, 0.6) is 0 Å². The smallest absolute Gasteiger partial charge is 0.279 e. The first-order valence-electron chi connectivity index (χ1n) is 9.46. The van der Waals surface area contributed by atoms with Gasteiger partial charge in [0.2, 0.25) is 0 Å². The summed E-state index contributed by atoms with van der Waals surface area (Å²) in [5.41, 5.74) is 3.82. The zero-order valence-electron chi connectivity index (χ0n) is 17.0. The number of hydrogen-bond donors (Lipinski definition) is 0. The van der Waals surface area contributed by atoms with Gasteiger partial charge >= 0.3 is 5.69 Å². The number of benzene rings is 2. The fraction of sp³-hybridized carbons (Fsp3) is 0.217. The molecule has 4 aromatic rings. The monoisotopic (exact) mass is 458 g/mol. The van der Waals surface area contributed by atoms with E-state index in [2.05, 4.69) is 6.07 Å². The summed E-state index contributed by atoms with van der Waals surface area (Å²) in [7, 11) is 0. The van der Waals surface area contributed by atoms with Gasteiger partial charge in [-0.1, -0.05) is 47.0 Å². The molecule has 0 bridgehead atoms. The summed E-state index contributed by atoms with van der Waals surface area (Å²) in [6.07, 6.45) is 0. The van der Waals surface area contributed by atoms with E-state index in [1.807, 2.05) is 39.8 Å². The zero-order chi connectivity index (χ0) is 21.7. The molecular formula is C23H20Cl2N2O2S. The van der Waals surface area contributed by atoms with Crippen molar-refractivity contribution in [2.24, 2.45) is 0 Å². The summed E-state index contributed by atoms with van der Waals surface area (Å²) in [6, 6.07) is 11.0. The largest absolute Gasteiger partial charge is 0.337 e. The van der Waals surface area contributed by atoms with E-state index in [-0.39, 0.29) is 5.56 Å². The Kier molecular flexibility index (Phi) is 5.39. The number of thiophene rings is 1. The lowest BCUT2D eigenvalue weighted by Gasteiger charge is -2.14. The summed E-state index contributed by atoms with van der Waals surface area (Å²) < 4.78 is 2.88. The predicted molar refractivity (Wildman–Crippen MR) is 126 cm³/mol. The minimum absolute atomic E-state index is 0.292. The molecule has 2 aromatic heterocycles. The standard InChI is InChI=1S/C23H20Cl2N2O2S/c1-12-5-6-13(2)16(9-12)11-26-22-20(14(3)15(4)30-22)21(28)27(23(26)29)17-7-8-18(24)19(25)10-17/h5-10H,11H2,1-4H3. The van der Waals surface area contributed by atoms with Crippen LogP contribution in [-0.4, -0.2) is 9.13 Å². The van der Waals surface area contributed by atoms with Crippen molar-refractivity contribution in [1.29, 1.82) is 0 Å². The van der Waals surface area contributed by atoms with Gasteiger partial charge in [0, 0.05) is 4.88 Å². The van der Waals surface area contributed by atoms with Crippen molar-refractivity contribution in [2.75, 3.05) is 0 Å². The molecule has 30 heavy (non-hydrogen) atoms. The van der Waals surface area contributed by atoms with Gasteiger partial charge in [0.05, 0.1) is 27.7 Å². The van der Waals surface area contributed by atoms with Crippen molar-refractivity contribution >= 4 is 44.8 Å². The molecular weight excluding hydrogens is 439 g/mol. The summed E-state index contributed by atoms with van der Waals surface area (Å²) >= 11 is 13.7. The average molecular weight is 459 g/mol.